The van der Waals surface area contributed by atoms with Gasteiger partial charge in [0.05, 0.1) is 0 Å². The first kappa shape index (κ1) is 27.3. The summed E-state index contributed by atoms with van der Waals surface area (Å²) in [5.41, 5.74) is 2.94. The van der Waals surface area contributed by atoms with E-state index in [1.165, 1.54) is 5.56 Å². The van der Waals surface area contributed by atoms with Crippen molar-refractivity contribution in [2.75, 3.05) is 13.2 Å². The van der Waals surface area contributed by atoms with Crippen LogP contribution < -0.4 is 10.1 Å². The fourth-order valence-corrected chi connectivity index (χ4v) is 4.10. The summed E-state index contributed by atoms with van der Waals surface area (Å²) >= 11 is 6.44. The first-order valence-corrected chi connectivity index (χ1v) is 12.8. The minimum absolute atomic E-state index is 0.183. The van der Waals surface area contributed by atoms with E-state index in [-0.39, 0.29) is 25.0 Å². The fraction of sp³-hybridized carbons (Fsp3) is 0.333. The molecule has 0 spiro atoms. The van der Waals surface area contributed by atoms with Gasteiger partial charge in [0.25, 0.3) is 5.91 Å². The molecule has 0 aliphatic heterocycles. The van der Waals surface area contributed by atoms with E-state index >= 15 is 0 Å². The molecule has 0 bridgehead atoms. The first-order valence-electron chi connectivity index (χ1n) is 12.5. The van der Waals surface area contributed by atoms with E-state index < -0.39 is 6.04 Å². The van der Waals surface area contributed by atoms with Crippen LogP contribution in [-0.2, 0) is 22.6 Å². The molecule has 0 saturated heterocycles. The molecule has 36 heavy (non-hydrogen) atoms. The third-order valence-corrected chi connectivity index (χ3v) is 6.40. The molecule has 0 fully saturated rings. The summed E-state index contributed by atoms with van der Waals surface area (Å²) in [5.74, 6) is 0.547. The van der Waals surface area contributed by atoms with Crippen molar-refractivity contribution in [2.24, 2.45) is 0 Å². The number of rotatable bonds is 12. The number of carbonyl (C=O) groups is 2. The van der Waals surface area contributed by atoms with Crippen LogP contribution in [0.4, 0.5) is 0 Å². The molecule has 0 unspecified atom stereocenters. The second kappa shape index (κ2) is 13.7. The Morgan fingerprint density at radius 3 is 2.25 bits per heavy atom. The third-order valence-electron chi connectivity index (χ3n) is 6.03. The molecule has 0 aromatic heterocycles. The molecule has 0 radical (unpaired) electrons. The number of amides is 2. The van der Waals surface area contributed by atoms with Gasteiger partial charge in [-0.25, -0.2) is 0 Å². The van der Waals surface area contributed by atoms with E-state index in [9.17, 15) is 9.59 Å². The third kappa shape index (κ3) is 7.85. The minimum Gasteiger partial charge on any atom is -0.484 e. The van der Waals surface area contributed by atoms with E-state index in [2.05, 4.69) is 19.2 Å². The number of ether oxygens (including phenoxy) is 1. The van der Waals surface area contributed by atoms with Gasteiger partial charge in [-0.3, -0.25) is 9.59 Å². The van der Waals surface area contributed by atoms with Gasteiger partial charge in [-0.2, -0.15) is 0 Å². The maximum atomic E-state index is 13.6. The average molecular weight is 507 g/mol. The summed E-state index contributed by atoms with van der Waals surface area (Å²) < 4.78 is 5.86. The maximum Gasteiger partial charge on any atom is 0.261 e. The Labute approximate surface area is 219 Å². The molecule has 5 nitrogen and oxygen atoms in total. The van der Waals surface area contributed by atoms with Gasteiger partial charge >= 0.3 is 0 Å². The molecule has 1 N–H and O–H groups in total. The van der Waals surface area contributed by atoms with Gasteiger partial charge in [0.2, 0.25) is 5.91 Å². The monoisotopic (exact) mass is 506 g/mol. The molecule has 0 aliphatic carbocycles. The van der Waals surface area contributed by atoms with Gasteiger partial charge < -0.3 is 15.0 Å². The van der Waals surface area contributed by atoms with Crippen molar-refractivity contribution >= 4 is 23.4 Å². The van der Waals surface area contributed by atoms with Crippen LogP contribution in [-0.4, -0.2) is 35.9 Å². The van der Waals surface area contributed by atoms with Crippen LogP contribution in [0.3, 0.4) is 0 Å². The van der Waals surface area contributed by atoms with Crippen molar-refractivity contribution in [3.05, 3.63) is 101 Å². The van der Waals surface area contributed by atoms with E-state index in [1.54, 1.807) is 11.0 Å². The van der Waals surface area contributed by atoms with Crippen LogP contribution in [0.25, 0.3) is 0 Å². The average Bonchev–Trinajstić information content (AvgIpc) is 2.89. The van der Waals surface area contributed by atoms with Gasteiger partial charge in [-0.15, -0.1) is 0 Å². The van der Waals surface area contributed by atoms with Crippen LogP contribution in [0.15, 0.2) is 78.9 Å². The van der Waals surface area contributed by atoms with Gasteiger partial charge in [0.1, 0.15) is 11.8 Å². The number of benzene rings is 3. The Bertz CT molecular complexity index is 1120. The maximum absolute atomic E-state index is 13.6. The Kier molecular flexibility index (Phi) is 10.4. The Morgan fingerprint density at radius 2 is 1.61 bits per heavy atom. The summed E-state index contributed by atoms with van der Waals surface area (Å²) in [6.07, 6.45) is 1.19. The standard InChI is InChI=1S/C30H35ClN2O3/c1-4-18-32-30(35)28(19-23-10-6-5-7-11-23)33(20-25-12-8-9-13-27(25)31)29(34)21-36-26-16-14-24(15-17-26)22(2)3/h5-17,22,28H,4,18-21H2,1-3H3,(H,32,35)/t28-/m0/s1. The summed E-state index contributed by atoms with van der Waals surface area (Å²) in [6, 6.07) is 24.1. The van der Waals surface area contributed by atoms with Gasteiger partial charge in [-0.05, 0) is 47.2 Å². The molecule has 0 heterocycles. The van der Waals surface area contributed by atoms with E-state index in [4.69, 9.17) is 16.3 Å². The normalized spacial score (nSPS) is 11.7. The number of nitrogens with one attached hydrogen (secondary N) is 1. The topological polar surface area (TPSA) is 58.6 Å². The van der Waals surface area contributed by atoms with Crippen molar-refractivity contribution in [3.63, 3.8) is 0 Å². The predicted octanol–water partition coefficient (Wildman–Crippen LogP) is 6.01. The van der Waals surface area contributed by atoms with E-state index in [0.717, 1.165) is 17.5 Å². The Balaban J connectivity index is 1.87. The number of hydrogen-bond acceptors (Lipinski definition) is 3. The van der Waals surface area contributed by atoms with Crippen molar-refractivity contribution in [2.45, 2.75) is 52.1 Å². The summed E-state index contributed by atoms with van der Waals surface area (Å²) in [4.78, 5) is 28.5. The summed E-state index contributed by atoms with van der Waals surface area (Å²) in [5, 5.41) is 3.52. The van der Waals surface area contributed by atoms with Gasteiger partial charge in [-0.1, -0.05) is 93.0 Å². The molecule has 0 aliphatic rings. The molecule has 3 rings (SSSR count). The Morgan fingerprint density at radius 1 is 0.944 bits per heavy atom. The van der Waals surface area contributed by atoms with Gasteiger partial charge in [0.15, 0.2) is 6.61 Å². The zero-order valence-corrected chi connectivity index (χ0v) is 22.0. The lowest BCUT2D eigenvalue weighted by molar-refractivity contribution is -0.142. The quantitative estimate of drug-likeness (QED) is 0.327. The van der Waals surface area contributed by atoms with Crippen molar-refractivity contribution < 1.29 is 14.3 Å². The largest absolute Gasteiger partial charge is 0.484 e. The van der Waals surface area contributed by atoms with Crippen LogP contribution in [0, 0.1) is 0 Å². The van der Waals surface area contributed by atoms with Crippen LogP contribution in [0.2, 0.25) is 5.02 Å². The second-order valence-corrected chi connectivity index (χ2v) is 9.53. The zero-order chi connectivity index (χ0) is 25.9. The highest BCUT2D eigenvalue weighted by molar-refractivity contribution is 6.31. The number of nitrogens with zero attached hydrogens (tertiary/aromatic N) is 1. The molecule has 6 heteroatoms. The lowest BCUT2D eigenvalue weighted by atomic mass is 10.0. The lowest BCUT2D eigenvalue weighted by Crippen LogP contribution is -2.51. The molecule has 190 valence electrons. The SMILES string of the molecule is CCCNC(=O)[C@H](Cc1ccccc1)N(Cc1ccccc1Cl)C(=O)COc1ccc(C(C)C)cc1. The van der Waals surface area contributed by atoms with E-state index in [0.29, 0.717) is 29.7 Å². The zero-order valence-electron chi connectivity index (χ0n) is 21.2. The number of halogens is 1. The minimum atomic E-state index is -0.713. The molecular weight excluding hydrogens is 472 g/mol. The highest BCUT2D eigenvalue weighted by atomic mass is 35.5. The fourth-order valence-electron chi connectivity index (χ4n) is 3.91. The van der Waals surface area contributed by atoms with Crippen LogP contribution >= 0.6 is 11.6 Å². The molecule has 0 saturated carbocycles. The lowest BCUT2D eigenvalue weighted by Gasteiger charge is -2.31. The van der Waals surface area contributed by atoms with Crippen molar-refractivity contribution in [1.29, 1.82) is 0 Å². The summed E-state index contributed by atoms with van der Waals surface area (Å²) in [7, 11) is 0. The van der Waals surface area contributed by atoms with Gasteiger partial charge in [0, 0.05) is 24.5 Å². The van der Waals surface area contributed by atoms with Crippen molar-refractivity contribution in [1.82, 2.24) is 10.2 Å². The highest BCUT2D eigenvalue weighted by Crippen LogP contribution is 2.22. The van der Waals surface area contributed by atoms with Crippen LogP contribution in [0.1, 0.15) is 49.8 Å². The molecule has 1 atom stereocenters. The summed E-state index contributed by atoms with van der Waals surface area (Å²) in [6.45, 7) is 6.81. The predicted molar refractivity (Wildman–Crippen MR) is 145 cm³/mol. The number of hydrogen-bond donors (Lipinski definition) is 1. The van der Waals surface area contributed by atoms with Crippen LogP contribution in [0.5, 0.6) is 5.75 Å². The molecule has 3 aromatic carbocycles. The molecule has 3 aromatic rings. The highest BCUT2D eigenvalue weighted by Gasteiger charge is 2.31. The molecular formula is C30H35ClN2O3. The van der Waals surface area contributed by atoms with E-state index in [1.807, 2.05) is 79.7 Å². The molecule has 2 amide bonds. The van der Waals surface area contributed by atoms with Crippen molar-refractivity contribution in [3.8, 4) is 5.75 Å². The first-order chi connectivity index (χ1) is 17.4. The number of carbonyl (C=O) groups excluding carboxylic acids is 2. The Hall–Kier alpha value is -3.31. The second-order valence-electron chi connectivity index (χ2n) is 9.12. The smallest absolute Gasteiger partial charge is 0.261 e.